The molecule has 90 valence electrons. The van der Waals surface area contributed by atoms with Crippen LogP contribution < -0.4 is 5.73 Å². The van der Waals surface area contributed by atoms with Crippen LogP contribution in [0, 0.1) is 6.92 Å². The molecule has 0 aliphatic carbocycles. The summed E-state index contributed by atoms with van der Waals surface area (Å²) in [6.07, 6.45) is -1.48. The lowest BCUT2D eigenvalue weighted by atomic mass is 10.1. The first-order chi connectivity index (χ1) is 7.38. The van der Waals surface area contributed by atoms with Crippen LogP contribution in [-0.2, 0) is 0 Å². The lowest BCUT2D eigenvalue weighted by Gasteiger charge is -2.11. The molecule has 1 aromatic heterocycles. The normalized spacial score (nSPS) is 13.8. The first-order valence-corrected chi connectivity index (χ1v) is 4.99. The SMILES string of the molecule is Cc1cnc(C(N)CCCC(F)(F)F)nc1. The zero-order valence-electron chi connectivity index (χ0n) is 8.96. The van der Waals surface area contributed by atoms with Crippen molar-refractivity contribution in [3.05, 3.63) is 23.8 Å². The van der Waals surface area contributed by atoms with Gasteiger partial charge in [0.1, 0.15) is 5.82 Å². The van der Waals surface area contributed by atoms with E-state index in [4.69, 9.17) is 5.73 Å². The molecule has 1 atom stereocenters. The Labute approximate surface area is 91.9 Å². The fourth-order valence-electron chi connectivity index (χ4n) is 1.25. The minimum atomic E-state index is -4.12. The van der Waals surface area contributed by atoms with Crippen molar-refractivity contribution >= 4 is 0 Å². The van der Waals surface area contributed by atoms with E-state index in [1.807, 2.05) is 6.92 Å². The van der Waals surface area contributed by atoms with Crippen LogP contribution in [0.4, 0.5) is 13.2 Å². The Balaban J connectivity index is 2.41. The van der Waals surface area contributed by atoms with Crippen LogP contribution in [0.3, 0.4) is 0 Å². The highest BCUT2D eigenvalue weighted by Crippen LogP contribution is 2.24. The maximum atomic E-state index is 11.9. The second kappa shape index (κ2) is 5.25. The van der Waals surface area contributed by atoms with E-state index < -0.39 is 18.6 Å². The van der Waals surface area contributed by atoms with Crippen molar-refractivity contribution in [1.82, 2.24) is 9.97 Å². The van der Waals surface area contributed by atoms with Gasteiger partial charge in [0, 0.05) is 18.8 Å². The first kappa shape index (κ1) is 12.9. The molecule has 16 heavy (non-hydrogen) atoms. The summed E-state index contributed by atoms with van der Waals surface area (Å²) in [5.74, 6) is 0.396. The predicted molar refractivity (Wildman–Crippen MR) is 53.6 cm³/mol. The van der Waals surface area contributed by atoms with Gasteiger partial charge in [0.25, 0.3) is 0 Å². The van der Waals surface area contributed by atoms with Gasteiger partial charge in [-0.15, -0.1) is 0 Å². The third kappa shape index (κ3) is 4.57. The summed E-state index contributed by atoms with van der Waals surface area (Å²) in [6, 6.07) is -0.525. The summed E-state index contributed by atoms with van der Waals surface area (Å²) in [6.45, 7) is 1.83. The van der Waals surface area contributed by atoms with Crippen molar-refractivity contribution in [1.29, 1.82) is 0 Å². The maximum absolute atomic E-state index is 11.9. The highest BCUT2D eigenvalue weighted by molar-refractivity contribution is 5.04. The molecule has 0 aromatic carbocycles. The standard InChI is InChI=1S/C10H14F3N3/c1-7-5-15-9(16-6-7)8(14)3-2-4-10(11,12)13/h5-6,8H,2-4,14H2,1H3. The van der Waals surface area contributed by atoms with E-state index in [9.17, 15) is 13.2 Å². The molecule has 0 aliphatic heterocycles. The summed E-state index contributed by atoms with van der Waals surface area (Å²) >= 11 is 0. The first-order valence-electron chi connectivity index (χ1n) is 4.99. The quantitative estimate of drug-likeness (QED) is 0.869. The molecule has 0 amide bonds. The van der Waals surface area contributed by atoms with E-state index in [-0.39, 0.29) is 12.8 Å². The number of nitrogens with two attached hydrogens (primary N) is 1. The number of hydrogen-bond acceptors (Lipinski definition) is 3. The third-order valence-corrected chi connectivity index (χ3v) is 2.11. The smallest absolute Gasteiger partial charge is 0.321 e. The van der Waals surface area contributed by atoms with Crippen LogP contribution in [0.2, 0.25) is 0 Å². The predicted octanol–water partition coefficient (Wildman–Crippen LogP) is 2.52. The average Bonchev–Trinajstić information content (AvgIpc) is 2.16. The number of alkyl halides is 3. The molecular formula is C10H14F3N3. The van der Waals surface area contributed by atoms with E-state index in [1.54, 1.807) is 12.4 Å². The van der Waals surface area contributed by atoms with Gasteiger partial charge < -0.3 is 5.73 Å². The minimum absolute atomic E-state index is 0.00189. The molecule has 1 heterocycles. The van der Waals surface area contributed by atoms with Crippen molar-refractivity contribution in [3.8, 4) is 0 Å². The number of rotatable bonds is 4. The monoisotopic (exact) mass is 233 g/mol. The van der Waals surface area contributed by atoms with Gasteiger partial charge in [0.05, 0.1) is 6.04 Å². The molecule has 0 aliphatic rings. The van der Waals surface area contributed by atoms with Gasteiger partial charge in [-0.1, -0.05) is 0 Å². The van der Waals surface area contributed by atoms with Crippen LogP contribution in [0.5, 0.6) is 0 Å². The lowest BCUT2D eigenvalue weighted by molar-refractivity contribution is -0.135. The Hall–Kier alpha value is -1.17. The van der Waals surface area contributed by atoms with Crippen molar-refractivity contribution in [2.45, 2.75) is 38.4 Å². The van der Waals surface area contributed by atoms with Crippen molar-refractivity contribution < 1.29 is 13.2 Å². The Kier molecular flexibility index (Phi) is 4.23. The van der Waals surface area contributed by atoms with Gasteiger partial charge in [-0.25, -0.2) is 9.97 Å². The van der Waals surface area contributed by atoms with Crippen LogP contribution in [0.1, 0.15) is 36.7 Å². The molecule has 1 rings (SSSR count). The molecule has 0 radical (unpaired) electrons. The zero-order valence-corrected chi connectivity index (χ0v) is 8.96. The molecule has 1 unspecified atom stereocenters. The Morgan fingerprint density at radius 1 is 1.31 bits per heavy atom. The fraction of sp³-hybridized carbons (Fsp3) is 0.600. The summed E-state index contributed by atoms with van der Waals surface area (Å²) in [5, 5.41) is 0. The molecule has 6 heteroatoms. The van der Waals surface area contributed by atoms with Crippen LogP contribution in [0.15, 0.2) is 12.4 Å². The summed E-state index contributed by atoms with van der Waals surface area (Å²) in [7, 11) is 0. The minimum Gasteiger partial charge on any atom is -0.321 e. The Morgan fingerprint density at radius 2 is 1.88 bits per heavy atom. The second-order valence-electron chi connectivity index (χ2n) is 3.73. The van der Waals surface area contributed by atoms with E-state index in [2.05, 4.69) is 9.97 Å². The maximum Gasteiger partial charge on any atom is 0.389 e. The molecule has 1 aromatic rings. The van der Waals surface area contributed by atoms with Crippen LogP contribution in [0.25, 0.3) is 0 Å². The number of aryl methyl sites for hydroxylation is 1. The highest BCUT2D eigenvalue weighted by atomic mass is 19.4. The van der Waals surface area contributed by atoms with Gasteiger partial charge in [0.2, 0.25) is 0 Å². The van der Waals surface area contributed by atoms with Crippen molar-refractivity contribution in [2.24, 2.45) is 5.73 Å². The van der Waals surface area contributed by atoms with Gasteiger partial charge in [-0.3, -0.25) is 0 Å². The third-order valence-electron chi connectivity index (χ3n) is 2.11. The van der Waals surface area contributed by atoms with E-state index >= 15 is 0 Å². The summed E-state index contributed by atoms with van der Waals surface area (Å²) < 4.78 is 35.7. The zero-order chi connectivity index (χ0) is 12.2. The van der Waals surface area contributed by atoms with Crippen molar-refractivity contribution in [2.75, 3.05) is 0 Å². The van der Waals surface area contributed by atoms with Gasteiger partial charge in [0.15, 0.2) is 0 Å². The number of nitrogens with zero attached hydrogens (tertiary/aromatic N) is 2. The largest absolute Gasteiger partial charge is 0.389 e. The molecule has 0 fully saturated rings. The fourth-order valence-corrected chi connectivity index (χ4v) is 1.25. The Morgan fingerprint density at radius 3 is 2.38 bits per heavy atom. The number of hydrogen-bond donors (Lipinski definition) is 1. The molecule has 0 saturated carbocycles. The average molecular weight is 233 g/mol. The van der Waals surface area contributed by atoms with E-state index in [0.717, 1.165) is 5.56 Å². The van der Waals surface area contributed by atoms with E-state index in [1.165, 1.54) is 0 Å². The van der Waals surface area contributed by atoms with Gasteiger partial charge in [-0.2, -0.15) is 13.2 Å². The number of halogens is 3. The molecule has 3 nitrogen and oxygen atoms in total. The summed E-state index contributed by atoms with van der Waals surface area (Å²) in [4.78, 5) is 7.95. The van der Waals surface area contributed by atoms with Crippen molar-refractivity contribution in [3.63, 3.8) is 0 Å². The topological polar surface area (TPSA) is 51.8 Å². The van der Waals surface area contributed by atoms with Gasteiger partial charge >= 0.3 is 6.18 Å². The molecule has 0 spiro atoms. The lowest BCUT2D eigenvalue weighted by Crippen LogP contribution is -2.15. The molecule has 0 saturated heterocycles. The summed E-state index contributed by atoms with van der Waals surface area (Å²) in [5.41, 5.74) is 6.58. The second-order valence-corrected chi connectivity index (χ2v) is 3.73. The van der Waals surface area contributed by atoms with Gasteiger partial charge in [-0.05, 0) is 25.3 Å². The molecule has 0 bridgehead atoms. The highest BCUT2D eigenvalue weighted by Gasteiger charge is 2.26. The number of aromatic nitrogens is 2. The Bertz CT molecular complexity index is 321. The van der Waals surface area contributed by atoms with Crippen LogP contribution >= 0.6 is 0 Å². The van der Waals surface area contributed by atoms with Crippen LogP contribution in [-0.4, -0.2) is 16.1 Å². The molecular weight excluding hydrogens is 219 g/mol. The molecule has 2 N–H and O–H groups in total. The van der Waals surface area contributed by atoms with E-state index in [0.29, 0.717) is 5.82 Å².